The Balaban J connectivity index is 1.33. The summed E-state index contributed by atoms with van der Waals surface area (Å²) in [6.07, 6.45) is 8.78. The lowest BCUT2D eigenvalue weighted by Crippen LogP contribution is -2.62. The smallest absolute Gasteiger partial charge is 0.375 e. The van der Waals surface area contributed by atoms with Gasteiger partial charge in [-0.15, -0.1) is 0 Å². The van der Waals surface area contributed by atoms with Crippen molar-refractivity contribution >= 4 is 34.2 Å². The summed E-state index contributed by atoms with van der Waals surface area (Å²) in [6, 6.07) is 9.24. The van der Waals surface area contributed by atoms with E-state index in [0.29, 0.717) is 50.2 Å². The minimum atomic E-state index is -1.40. The molecule has 8 nitrogen and oxygen atoms in total. The minimum Gasteiger partial charge on any atom is -0.457 e. The van der Waals surface area contributed by atoms with Crippen molar-refractivity contribution in [3.63, 3.8) is 0 Å². The summed E-state index contributed by atoms with van der Waals surface area (Å²) in [5, 5.41) is 12.0. The van der Waals surface area contributed by atoms with E-state index in [-0.39, 0.29) is 39.9 Å². The van der Waals surface area contributed by atoms with Crippen molar-refractivity contribution in [1.82, 2.24) is 0 Å². The minimum absolute atomic E-state index is 0.0548. The number of hydrogen-bond donors (Lipinski definition) is 2. The van der Waals surface area contributed by atoms with Gasteiger partial charge in [-0.3, -0.25) is 4.79 Å². The number of fused-ring (bicyclic) bond motifs is 5. The second kappa shape index (κ2) is 12.8. The third-order valence-corrected chi connectivity index (χ3v) is 12.4. The zero-order chi connectivity index (χ0) is 32.7. The first kappa shape index (κ1) is 32.7. The normalized spacial score (nSPS) is 35.3. The number of aliphatic hydroxyl groups excluding tert-OH is 1. The third kappa shape index (κ3) is 5.46. The highest BCUT2D eigenvalue weighted by molar-refractivity contribution is 8.13. The van der Waals surface area contributed by atoms with Gasteiger partial charge < -0.3 is 24.7 Å². The summed E-state index contributed by atoms with van der Waals surface area (Å²) in [7, 11) is 1.63. The molecule has 1 heterocycles. The highest BCUT2D eigenvalue weighted by atomic mass is 32.2. The van der Waals surface area contributed by atoms with Crippen LogP contribution in [0.1, 0.15) is 69.3 Å². The molecule has 0 radical (unpaired) electrons. The molecule has 0 aliphatic heterocycles. The fourth-order valence-electron chi connectivity index (χ4n) is 9.21. The molecule has 246 valence electrons. The van der Waals surface area contributed by atoms with Gasteiger partial charge in [0.15, 0.2) is 5.60 Å². The van der Waals surface area contributed by atoms with Gasteiger partial charge in [0.05, 0.1) is 23.8 Å². The van der Waals surface area contributed by atoms with Gasteiger partial charge in [0.1, 0.15) is 5.82 Å². The highest BCUT2D eigenvalue weighted by Crippen LogP contribution is 2.69. The van der Waals surface area contributed by atoms with Gasteiger partial charge in [0.2, 0.25) is 10.9 Å². The van der Waals surface area contributed by atoms with Crippen LogP contribution in [0.3, 0.4) is 0 Å². The van der Waals surface area contributed by atoms with Gasteiger partial charge in [-0.05, 0) is 122 Å². The number of rotatable bonds is 8. The summed E-state index contributed by atoms with van der Waals surface area (Å²) in [6.45, 7) is 4.79. The van der Waals surface area contributed by atoms with E-state index < -0.39 is 23.1 Å². The molecule has 6 rings (SSSR count). The maximum Gasteiger partial charge on any atom is 0.375 e. The van der Waals surface area contributed by atoms with Crippen molar-refractivity contribution < 1.29 is 33.0 Å². The molecular weight excluding hydrogens is 607 g/mol. The van der Waals surface area contributed by atoms with Crippen LogP contribution in [-0.4, -0.2) is 53.1 Å². The van der Waals surface area contributed by atoms with Gasteiger partial charge >= 0.3 is 5.97 Å². The topological polar surface area (TPSA) is 124 Å². The van der Waals surface area contributed by atoms with Gasteiger partial charge in [0.25, 0.3) is 0 Å². The number of ether oxygens (including phenoxy) is 2. The number of nitrogens with zero attached hydrogens (tertiary/aromatic N) is 1. The molecule has 4 aliphatic rings. The van der Waals surface area contributed by atoms with Crippen LogP contribution >= 0.6 is 11.8 Å². The summed E-state index contributed by atoms with van der Waals surface area (Å²) in [5.41, 5.74) is 7.16. The molecule has 2 aromatic rings. The Morgan fingerprint density at radius 3 is 2.70 bits per heavy atom. The van der Waals surface area contributed by atoms with Crippen molar-refractivity contribution in [2.45, 2.75) is 70.5 Å². The fraction of sp³-hybridized carbons (Fsp3) is 0.528. The molecule has 1 aromatic carbocycles. The van der Waals surface area contributed by atoms with Crippen LogP contribution in [0.5, 0.6) is 0 Å². The molecule has 7 atom stereocenters. The number of halogens is 1. The van der Waals surface area contributed by atoms with E-state index in [4.69, 9.17) is 24.6 Å². The monoisotopic (exact) mass is 650 g/mol. The van der Waals surface area contributed by atoms with Crippen LogP contribution in [0.4, 0.5) is 10.1 Å². The highest BCUT2D eigenvalue weighted by Gasteiger charge is 2.70. The second-order valence-electron chi connectivity index (χ2n) is 13.7. The van der Waals surface area contributed by atoms with Gasteiger partial charge in [-0.25, -0.2) is 14.2 Å². The molecule has 10 heteroatoms. The number of aliphatic imine (C=N–C) groups is 1. The van der Waals surface area contributed by atoms with E-state index in [1.165, 1.54) is 35.7 Å². The molecular formula is C36H43FN2O6S. The van der Waals surface area contributed by atoms with E-state index in [2.05, 4.69) is 13.0 Å². The molecule has 3 fully saturated rings. The second-order valence-corrected chi connectivity index (χ2v) is 14.7. The van der Waals surface area contributed by atoms with Crippen LogP contribution in [-0.2, 0) is 14.3 Å². The van der Waals surface area contributed by atoms with Gasteiger partial charge in [-0.1, -0.05) is 31.2 Å². The zero-order valence-corrected chi connectivity index (χ0v) is 27.5. The van der Waals surface area contributed by atoms with Crippen molar-refractivity contribution in [3.05, 3.63) is 77.7 Å². The van der Waals surface area contributed by atoms with Crippen LogP contribution < -0.4 is 5.73 Å². The maximum absolute atomic E-state index is 14.2. The molecule has 0 saturated heterocycles. The molecule has 0 spiro atoms. The van der Waals surface area contributed by atoms with E-state index in [1.807, 2.05) is 6.92 Å². The van der Waals surface area contributed by atoms with Crippen LogP contribution in [0.15, 0.2) is 75.5 Å². The van der Waals surface area contributed by atoms with Crippen molar-refractivity contribution in [1.29, 1.82) is 0 Å². The summed E-state index contributed by atoms with van der Waals surface area (Å²) < 4.78 is 30.4. The SMILES string of the molecule is COCCCSC(=O)[C@@]1(OC(=O)c2ccco2)CCC2[C@@H]3CCC4=CC(=Nc5ccc(F)cc5)C(=CN)C[C@]4(C)C3C(O)C[C@@]21C. The van der Waals surface area contributed by atoms with E-state index in [1.54, 1.807) is 37.6 Å². The van der Waals surface area contributed by atoms with Crippen molar-refractivity contribution in [2.24, 2.45) is 39.3 Å². The number of carbonyl (C=O) groups is 2. The standard InChI is InChI=1S/C36H43FN2O6S/c1-34-19-22(21-38)28(39-25-10-8-24(37)9-11-25)18-23(34)7-12-26-27-13-14-36(33(42)46-17-5-15-43-3,35(27,2)20-29(40)31(26)34)45-32(41)30-6-4-16-44-30/h4,6,8-11,16,18,21,26-27,29,31,40H,5,7,12-15,17,19-20,38H2,1-3H3/t26-,27?,29?,31?,34-,35-,36-/m0/s1. The number of nitrogens with two attached hydrogens (primary N) is 1. The number of aliphatic hydroxyl groups is 1. The van der Waals surface area contributed by atoms with Gasteiger partial charge in [0, 0.05) is 24.9 Å². The Kier molecular flexibility index (Phi) is 9.08. The predicted octanol–water partition coefficient (Wildman–Crippen LogP) is 6.77. The number of esters is 1. The first-order valence-electron chi connectivity index (χ1n) is 16.1. The fourth-order valence-corrected chi connectivity index (χ4v) is 10.3. The summed E-state index contributed by atoms with van der Waals surface area (Å²) in [5.74, 6) is -0.276. The van der Waals surface area contributed by atoms with Crippen LogP contribution in [0, 0.1) is 34.4 Å². The Labute approximate surface area is 273 Å². The van der Waals surface area contributed by atoms with Crippen molar-refractivity contribution in [2.75, 3.05) is 19.5 Å². The largest absolute Gasteiger partial charge is 0.457 e. The number of carbonyl (C=O) groups excluding carboxylic acids is 2. The zero-order valence-electron chi connectivity index (χ0n) is 26.7. The molecule has 3 saturated carbocycles. The number of thioether (sulfide) groups is 1. The number of methoxy groups -OCH3 is 1. The summed E-state index contributed by atoms with van der Waals surface area (Å²) >= 11 is 1.19. The average molecular weight is 651 g/mol. The molecule has 0 bridgehead atoms. The third-order valence-electron chi connectivity index (χ3n) is 11.3. The molecule has 0 amide bonds. The van der Waals surface area contributed by atoms with E-state index in [0.717, 1.165) is 24.1 Å². The Bertz CT molecular complexity index is 1550. The summed E-state index contributed by atoms with van der Waals surface area (Å²) in [4.78, 5) is 32.4. The lowest BCUT2D eigenvalue weighted by molar-refractivity contribution is -0.175. The molecule has 3 unspecified atom stereocenters. The lowest BCUT2D eigenvalue weighted by atomic mass is 9.45. The van der Waals surface area contributed by atoms with Gasteiger partial charge in [-0.2, -0.15) is 0 Å². The Morgan fingerprint density at radius 1 is 1.22 bits per heavy atom. The first-order valence-corrected chi connectivity index (χ1v) is 17.1. The number of benzene rings is 1. The Hall–Kier alpha value is -3.21. The predicted molar refractivity (Wildman–Crippen MR) is 175 cm³/mol. The number of allylic oxidation sites excluding steroid dienone is 3. The number of hydrogen-bond acceptors (Lipinski definition) is 9. The number of furan rings is 1. The quantitative estimate of drug-likeness (QED) is 0.237. The van der Waals surface area contributed by atoms with E-state index in [9.17, 15) is 19.1 Å². The van der Waals surface area contributed by atoms with Crippen LogP contribution in [0.25, 0.3) is 0 Å². The molecule has 46 heavy (non-hydrogen) atoms. The molecule has 3 N–H and O–H groups in total. The maximum atomic E-state index is 14.2. The first-order chi connectivity index (χ1) is 22.1. The van der Waals surface area contributed by atoms with Crippen LogP contribution in [0.2, 0.25) is 0 Å². The Morgan fingerprint density at radius 2 is 2.00 bits per heavy atom. The lowest BCUT2D eigenvalue weighted by Gasteiger charge is -2.60. The molecule has 1 aromatic heterocycles. The average Bonchev–Trinajstić information content (AvgIpc) is 3.67. The molecule has 4 aliphatic carbocycles. The van der Waals surface area contributed by atoms with Crippen molar-refractivity contribution in [3.8, 4) is 0 Å². The van der Waals surface area contributed by atoms with E-state index >= 15 is 0 Å².